The Morgan fingerprint density at radius 3 is 2.86 bits per heavy atom. The number of hydrogen-bond donors (Lipinski definition) is 1. The van der Waals surface area contributed by atoms with Crippen molar-refractivity contribution >= 4 is 39.1 Å². The zero-order chi connectivity index (χ0) is 15.4. The predicted octanol–water partition coefficient (Wildman–Crippen LogP) is 4.57. The molecule has 0 saturated heterocycles. The third kappa shape index (κ3) is 4.44. The number of carbonyl (C=O) groups is 1. The lowest BCUT2D eigenvalue weighted by atomic mass is 10.2. The maximum Gasteiger partial charge on any atom is 0.262 e. The molecular weight excluding hydrogens is 361 g/mol. The van der Waals surface area contributed by atoms with Crippen LogP contribution in [-0.4, -0.2) is 12.5 Å². The first kappa shape index (κ1) is 15.8. The number of anilines is 1. The normalized spacial score (nSPS) is 10.3. The second kappa shape index (κ2) is 6.91. The summed E-state index contributed by atoms with van der Waals surface area (Å²) in [5.74, 6) is -0.202. The average Bonchev–Trinajstić information content (AvgIpc) is 2.43. The van der Waals surface area contributed by atoms with Crippen LogP contribution in [0.3, 0.4) is 0 Å². The molecule has 0 radical (unpaired) electrons. The first-order chi connectivity index (χ1) is 9.95. The van der Waals surface area contributed by atoms with Crippen LogP contribution in [0.4, 0.5) is 10.1 Å². The van der Waals surface area contributed by atoms with Gasteiger partial charge in [-0.3, -0.25) is 4.79 Å². The van der Waals surface area contributed by atoms with Crippen LogP contribution in [0.5, 0.6) is 5.75 Å². The van der Waals surface area contributed by atoms with Crippen molar-refractivity contribution in [3.8, 4) is 5.75 Å². The molecule has 2 aromatic carbocycles. The lowest BCUT2D eigenvalue weighted by Gasteiger charge is -2.10. The van der Waals surface area contributed by atoms with E-state index in [0.717, 1.165) is 0 Å². The van der Waals surface area contributed by atoms with Crippen molar-refractivity contribution in [3.63, 3.8) is 0 Å². The maximum atomic E-state index is 13.3. The Morgan fingerprint density at radius 1 is 1.38 bits per heavy atom. The van der Waals surface area contributed by atoms with E-state index in [1.165, 1.54) is 12.1 Å². The third-order valence-corrected chi connectivity index (χ3v) is 3.55. The van der Waals surface area contributed by atoms with E-state index >= 15 is 0 Å². The van der Waals surface area contributed by atoms with Gasteiger partial charge in [-0.15, -0.1) is 0 Å². The molecule has 3 nitrogen and oxygen atoms in total. The number of hydrogen-bond acceptors (Lipinski definition) is 2. The first-order valence-electron chi connectivity index (χ1n) is 6.09. The second-order valence-electron chi connectivity index (χ2n) is 4.38. The second-order valence-corrected chi connectivity index (χ2v) is 5.67. The van der Waals surface area contributed by atoms with Crippen molar-refractivity contribution in [1.82, 2.24) is 0 Å². The summed E-state index contributed by atoms with van der Waals surface area (Å²) in [7, 11) is 0. The number of rotatable bonds is 4. The molecule has 2 aromatic rings. The van der Waals surface area contributed by atoms with Gasteiger partial charge in [0.05, 0.1) is 4.47 Å². The van der Waals surface area contributed by atoms with Gasteiger partial charge in [0, 0.05) is 10.7 Å². The Balaban J connectivity index is 1.97. The van der Waals surface area contributed by atoms with Crippen molar-refractivity contribution in [2.45, 2.75) is 6.92 Å². The molecule has 0 aliphatic heterocycles. The van der Waals surface area contributed by atoms with Crippen LogP contribution in [0.1, 0.15) is 5.56 Å². The standard InChI is InChI=1S/C15H12BrClFNO2/c1-9-5-13(18)12(16)7-14(9)19-15(20)8-21-11-4-2-3-10(17)6-11/h2-7H,8H2,1H3,(H,19,20). The molecule has 0 unspecified atom stereocenters. The smallest absolute Gasteiger partial charge is 0.262 e. The summed E-state index contributed by atoms with van der Waals surface area (Å²) in [6, 6.07) is 9.64. The number of ether oxygens (including phenoxy) is 1. The molecule has 0 bridgehead atoms. The molecule has 0 fully saturated rings. The Kier molecular flexibility index (Phi) is 5.20. The predicted molar refractivity (Wildman–Crippen MR) is 84.4 cm³/mol. The van der Waals surface area contributed by atoms with Gasteiger partial charge in [-0.25, -0.2) is 4.39 Å². The SMILES string of the molecule is Cc1cc(F)c(Br)cc1NC(=O)COc1cccc(Cl)c1. The molecule has 0 spiro atoms. The van der Waals surface area contributed by atoms with E-state index in [1.807, 2.05) is 0 Å². The zero-order valence-corrected chi connectivity index (χ0v) is 13.5. The van der Waals surface area contributed by atoms with Crippen LogP contribution in [-0.2, 0) is 4.79 Å². The van der Waals surface area contributed by atoms with E-state index in [1.54, 1.807) is 31.2 Å². The molecule has 0 heterocycles. The fraction of sp³-hybridized carbons (Fsp3) is 0.133. The summed E-state index contributed by atoms with van der Waals surface area (Å²) in [6.07, 6.45) is 0. The molecular formula is C15H12BrClFNO2. The van der Waals surface area contributed by atoms with Crippen LogP contribution in [0.2, 0.25) is 5.02 Å². The highest BCUT2D eigenvalue weighted by Crippen LogP contribution is 2.24. The monoisotopic (exact) mass is 371 g/mol. The van der Waals surface area contributed by atoms with Gasteiger partial charge in [0.1, 0.15) is 11.6 Å². The van der Waals surface area contributed by atoms with Gasteiger partial charge in [0.25, 0.3) is 5.91 Å². The highest BCUT2D eigenvalue weighted by Gasteiger charge is 2.09. The Hall–Kier alpha value is -1.59. The molecule has 6 heteroatoms. The molecule has 1 N–H and O–H groups in total. The Labute approximate surface area is 135 Å². The summed E-state index contributed by atoms with van der Waals surface area (Å²) in [5, 5.41) is 3.20. The lowest BCUT2D eigenvalue weighted by Crippen LogP contribution is -2.20. The molecule has 2 rings (SSSR count). The van der Waals surface area contributed by atoms with E-state index < -0.39 is 0 Å². The topological polar surface area (TPSA) is 38.3 Å². The minimum absolute atomic E-state index is 0.158. The number of nitrogens with one attached hydrogen (secondary N) is 1. The quantitative estimate of drug-likeness (QED) is 0.854. The number of benzene rings is 2. The summed E-state index contributed by atoms with van der Waals surface area (Å²) in [5.41, 5.74) is 1.16. The van der Waals surface area contributed by atoms with Gasteiger partial charge in [-0.05, 0) is 58.7 Å². The summed E-state index contributed by atoms with van der Waals surface area (Å²) in [4.78, 5) is 11.8. The van der Waals surface area contributed by atoms with Gasteiger partial charge in [-0.1, -0.05) is 17.7 Å². The number of amides is 1. The molecule has 0 aliphatic rings. The van der Waals surface area contributed by atoms with Gasteiger partial charge in [0.2, 0.25) is 0 Å². The number of aryl methyl sites for hydroxylation is 1. The van der Waals surface area contributed by atoms with Crippen molar-refractivity contribution in [2.75, 3.05) is 11.9 Å². The molecule has 1 amide bonds. The number of carbonyl (C=O) groups excluding carboxylic acids is 1. The summed E-state index contributed by atoms with van der Waals surface area (Å²) < 4.78 is 18.9. The maximum absolute atomic E-state index is 13.3. The fourth-order valence-corrected chi connectivity index (χ4v) is 2.20. The van der Waals surface area contributed by atoms with Crippen molar-refractivity contribution in [3.05, 3.63) is 57.3 Å². The van der Waals surface area contributed by atoms with Crippen LogP contribution in [0.25, 0.3) is 0 Å². The highest BCUT2D eigenvalue weighted by atomic mass is 79.9. The van der Waals surface area contributed by atoms with Crippen molar-refractivity contribution in [2.24, 2.45) is 0 Å². The van der Waals surface area contributed by atoms with Crippen LogP contribution in [0, 0.1) is 12.7 Å². The minimum Gasteiger partial charge on any atom is -0.484 e. The zero-order valence-electron chi connectivity index (χ0n) is 11.1. The Bertz CT molecular complexity index is 679. The first-order valence-corrected chi connectivity index (χ1v) is 7.26. The minimum atomic E-state index is -0.374. The van der Waals surface area contributed by atoms with Crippen LogP contribution >= 0.6 is 27.5 Å². The third-order valence-electron chi connectivity index (χ3n) is 2.71. The molecule has 110 valence electrons. The lowest BCUT2D eigenvalue weighted by molar-refractivity contribution is -0.118. The molecule has 21 heavy (non-hydrogen) atoms. The average molecular weight is 373 g/mol. The van der Waals surface area contributed by atoms with Crippen molar-refractivity contribution < 1.29 is 13.9 Å². The van der Waals surface area contributed by atoms with Gasteiger partial charge in [0.15, 0.2) is 6.61 Å². The largest absolute Gasteiger partial charge is 0.484 e. The van der Waals surface area contributed by atoms with E-state index in [2.05, 4.69) is 21.2 Å². The van der Waals surface area contributed by atoms with Gasteiger partial charge >= 0.3 is 0 Å². The van der Waals surface area contributed by atoms with Gasteiger partial charge in [-0.2, -0.15) is 0 Å². The van der Waals surface area contributed by atoms with E-state index in [-0.39, 0.29) is 18.3 Å². The molecule has 0 saturated carbocycles. The summed E-state index contributed by atoms with van der Waals surface area (Å²) in [6.45, 7) is 1.55. The summed E-state index contributed by atoms with van der Waals surface area (Å²) >= 11 is 8.90. The molecule has 0 aliphatic carbocycles. The van der Waals surface area contributed by atoms with E-state index in [0.29, 0.717) is 26.5 Å². The highest BCUT2D eigenvalue weighted by molar-refractivity contribution is 9.10. The number of halogens is 3. The van der Waals surface area contributed by atoms with E-state index in [4.69, 9.17) is 16.3 Å². The fourth-order valence-electron chi connectivity index (χ4n) is 1.67. The van der Waals surface area contributed by atoms with Gasteiger partial charge < -0.3 is 10.1 Å². The molecule has 0 atom stereocenters. The van der Waals surface area contributed by atoms with Crippen LogP contribution < -0.4 is 10.1 Å². The molecule has 0 aromatic heterocycles. The van der Waals surface area contributed by atoms with E-state index in [9.17, 15) is 9.18 Å². The Morgan fingerprint density at radius 2 is 2.14 bits per heavy atom. The van der Waals surface area contributed by atoms with Crippen LogP contribution in [0.15, 0.2) is 40.9 Å². The van der Waals surface area contributed by atoms with Crippen molar-refractivity contribution in [1.29, 1.82) is 0 Å².